The molecule has 1 atom stereocenters. The highest BCUT2D eigenvalue weighted by atomic mass is 32.1. The van der Waals surface area contributed by atoms with Gasteiger partial charge in [-0.1, -0.05) is 0 Å². The average Bonchev–Trinajstić information content (AvgIpc) is 3.37. The molecule has 1 unspecified atom stereocenters. The van der Waals surface area contributed by atoms with Crippen molar-refractivity contribution in [3.63, 3.8) is 0 Å². The first-order valence-corrected chi connectivity index (χ1v) is 11.4. The predicted molar refractivity (Wildman–Crippen MR) is 109 cm³/mol. The van der Waals surface area contributed by atoms with Crippen LogP contribution in [0.3, 0.4) is 0 Å². The van der Waals surface area contributed by atoms with Gasteiger partial charge in [0.15, 0.2) is 0 Å². The van der Waals surface area contributed by atoms with E-state index >= 15 is 0 Å². The molecule has 1 aromatic rings. The Hall–Kier alpha value is -1.76. The fourth-order valence-electron chi connectivity index (χ4n) is 4.14. The molecular formula is C20H28F3N3O5S. The summed E-state index contributed by atoms with van der Waals surface area (Å²) in [5.74, 6) is -2.61. The monoisotopic (exact) mass is 479 g/mol. The number of aromatic nitrogens is 1. The van der Waals surface area contributed by atoms with E-state index in [2.05, 4.69) is 15.3 Å². The van der Waals surface area contributed by atoms with Gasteiger partial charge >= 0.3 is 12.1 Å². The molecule has 0 bridgehead atoms. The lowest BCUT2D eigenvalue weighted by Gasteiger charge is -2.53. The smallest absolute Gasteiger partial charge is 0.475 e. The van der Waals surface area contributed by atoms with Gasteiger partial charge in [0.2, 0.25) is 5.91 Å². The molecule has 3 aliphatic heterocycles. The van der Waals surface area contributed by atoms with Crippen molar-refractivity contribution in [1.29, 1.82) is 0 Å². The molecule has 0 radical (unpaired) electrons. The highest BCUT2D eigenvalue weighted by molar-refractivity contribution is 7.09. The molecule has 1 aromatic heterocycles. The lowest BCUT2D eigenvalue weighted by Crippen LogP contribution is -2.65. The van der Waals surface area contributed by atoms with E-state index in [1.165, 1.54) is 5.01 Å². The molecule has 4 heterocycles. The Morgan fingerprint density at radius 3 is 2.56 bits per heavy atom. The summed E-state index contributed by atoms with van der Waals surface area (Å²) in [6.07, 6.45) is -0.903. The van der Waals surface area contributed by atoms with Crippen LogP contribution in [0.5, 0.6) is 0 Å². The minimum atomic E-state index is -5.08. The molecule has 1 spiro atoms. The number of rotatable bonds is 5. The van der Waals surface area contributed by atoms with E-state index < -0.39 is 12.1 Å². The molecule has 8 nitrogen and oxygen atoms in total. The third-order valence-electron chi connectivity index (χ3n) is 5.64. The van der Waals surface area contributed by atoms with Gasteiger partial charge in [-0.2, -0.15) is 13.2 Å². The number of ether oxygens (including phenoxy) is 2. The number of nitrogens with zero attached hydrogens (tertiary/aromatic N) is 3. The molecule has 1 amide bonds. The van der Waals surface area contributed by atoms with Crippen LogP contribution in [0, 0.1) is 6.92 Å². The van der Waals surface area contributed by atoms with Crippen LogP contribution in [0.4, 0.5) is 13.2 Å². The minimum absolute atomic E-state index is 0.0775. The van der Waals surface area contributed by atoms with E-state index in [0.717, 1.165) is 70.7 Å². The number of hydrogen-bond acceptors (Lipinski definition) is 7. The van der Waals surface area contributed by atoms with Crippen molar-refractivity contribution in [3.8, 4) is 0 Å². The van der Waals surface area contributed by atoms with Crippen molar-refractivity contribution in [2.75, 3.05) is 39.4 Å². The summed E-state index contributed by atoms with van der Waals surface area (Å²) in [5, 5.41) is 10.4. The average molecular weight is 480 g/mol. The number of amides is 1. The Balaban J connectivity index is 0.000000360. The van der Waals surface area contributed by atoms with Gasteiger partial charge in [-0.25, -0.2) is 9.78 Å². The number of carboxylic acids is 1. The van der Waals surface area contributed by atoms with Gasteiger partial charge in [-0.15, -0.1) is 11.3 Å². The lowest BCUT2D eigenvalue weighted by molar-refractivity contribution is -0.200. The van der Waals surface area contributed by atoms with Crippen LogP contribution >= 0.6 is 11.3 Å². The zero-order valence-electron chi connectivity index (χ0n) is 17.9. The third-order valence-corrected chi connectivity index (χ3v) is 6.59. The SMILES string of the molecule is Cc1csc(CN2CC3(CC(OCC(=O)N4CCCC4)CCO3)C2)n1.O=C(O)C(F)(F)F. The van der Waals surface area contributed by atoms with E-state index in [9.17, 15) is 18.0 Å². The maximum absolute atomic E-state index is 12.1. The van der Waals surface area contributed by atoms with Crippen molar-refractivity contribution < 1.29 is 37.3 Å². The fourth-order valence-corrected chi connectivity index (χ4v) is 4.95. The number of halogens is 3. The Kier molecular flexibility index (Phi) is 8.12. The molecular weight excluding hydrogens is 451 g/mol. The highest BCUT2D eigenvalue weighted by Gasteiger charge is 2.48. The zero-order chi connectivity index (χ0) is 23.4. The summed E-state index contributed by atoms with van der Waals surface area (Å²) in [6.45, 7) is 7.55. The molecule has 180 valence electrons. The van der Waals surface area contributed by atoms with Crippen LogP contribution in [0.2, 0.25) is 0 Å². The van der Waals surface area contributed by atoms with Gasteiger partial charge in [0, 0.05) is 50.3 Å². The summed E-state index contributed by atoms with van der Waals surface area (Å²) in [4.78, 5) is 29.9. The van der Waals surface area contributed by atoms with Crippen LogP contribution < -0.4 is 0 Å². The van der Waals surface area contributed by atoms with Gasteiger partial charge in [-0.05, 0) is 26.2 Å². The van der Waals surface area contributed by atoms with E-state index in [-0.39, 0.29) is 24.2 Å². The first-order chi connectivity index (χ1) is 15.1. The molecule has 0 aliphatic carbocycles. The number of likely N-dealkylation sites (tertiary alicyclic amines) is 2. The number of carbonyl (C=O) groups excluding carboxylic acids is 1. The molecule has 0 aromatic carbocycles. The molecule has 32 heavy (non-hydrogen) atoms. The Morgan fingerprint density at radius 2 is 2.00 bits per heavy atom. The standard InChI is InChI=1S/C18H27N3O3S.C2HF3O2/c1-14-11-25-16(19-14)9-20-12-18(13-20)8-15(4-7-24-18)23-10-17(22)21-5-2-3-6-21;3-2(4,5)1(6)7/h11,15H,2-10,12-13H2,1H3;(H,6,7). The number of carboxylic acid groups (broad SMARTS) is 1. The van der Waals surface area contributed by atoms with Crippen molar-refractivity contribution in [3.05, 3.63) is 16.1 Å². The van der Waals surface area contributed by atoms with Crippen LogP contribution in [0.25, 0.3) is 0 Å². The Bertz CT molecular complexity index is 792. The van der Waals surface area contributed by atoms with Gasteiger partial charge < -0.3 is 19.5 Å². The zero-order valence-corrected chi connectivity index (χ0v) is 18.7. The van der Waals surface area contributed by atoms with Gasteiger partial charge in [0.05, 0.1) is 18.2 Å². The highest BCUT2D eigenvalue weighted by Crippen LogP contribution is 2.36. The van der Waals surface area contributed by atoms with Gasteiger partial charge in [0.25, 0.3) is 0 Å². The number of aryl methyl sites for hydroxylation is 1. The topological polar surface area (TPSA) is 92.2 Å². The molecule has 0 saturated carbocycles. The fraction of sp³-hybridized carbons (Fsp3) is 0.750. The normalized spacial score (nSPS) is 22.9. The van der Waals surface area contributed by atoms with E-state index in [1.807, 2.05) is 11.8 Å². The van der Waals surface area contributed by atoms with Gasteiger partial charge in [-0.3, -0.25) is 9.69 Å². The number of aliphatic carboxylic acids is 1. The van der Waals surface area contributed by atoms with Gasteiger partial charge in [0.1, 0.15) is 11.6 Å². The largest absolute Gasteiger partial charge is 0.490 e. The summed E-state index contributed by atoms with van der Waals surface area (Å²) >= 11 is 1.73. The van der Waals surface area contributed by atoms with Crippen molar-refractivity contribution in [1.82, 2.24) is 14.8 Å². The molecule has 4 rings (SSSR count). The van der Waals surface area contributed by atoms with Crippen LogP contribution in [0.15, 0.2) is 5.38 Å². The Labute approximate surface area is 188 Å². The molecule has 1 N–H and O–H groups in total. The molecule has 12 heteroatoms. The first kappa shape index (κ1) is 24.9. The van der Waals surface area contributed by atoms with Crippen LogP contribution in [0.1, 0.15) is 36.4 Å². The van der Waals surface area contributed by atoms with Crippen molar-refractivity contribution in [2.24, 2.45) is 0 Å². The second-order valence-electron chi connectivity index (χ2n) is 8.38. The van der Waals surface area contributed by atoms with E-state index in [0.29, 0.717) is 0 Å². The summed E-state index contributed by atoms with van der Waals surface area (Å²) in [6, 6.07) is 0. The second-order valence-corrected chi connectivity index (χ2v) is 9.32. The van der Waals surface area contributed by atoms with Crippen molar-refractivity contribution >= 4 is 23.2 Å². The lowest BCUT2D eigenvalue weighted by atomic mass is 9.85. The quantitative estimate of drug-likeness (QED) is 0.694. The summed E-state index contributed by atoms with van der Waals surface area (Å²) in [7, 11) is 0. The number of alkyl halides is 3. The van der Waals surface area contributed by atoms with Crippen LogP contribution in [-0.4, -0.2) is 89.0 Å². The molecule has 3 aliphatic rings. The predicted octanol–water partition coefficient (Wildman–Crippen LogP) is 2.46. The second kappa shape index (κ2) is 10.4. The summed E-state index contributed by atoms with van der Waals surface area (Å²) < 4.78 is 43.8. The number of carbonyl (C=O) groups is 2. The maximum atomic E-state index is 12.1. The van der Waals surface area contributed by atoms with Crippen molar-refractivity contribution in [2.45, 2.75) is 57.0 Å². The number of hydrogen-bond donors (Lipinski definition) is 1. The molecule has 3 saturated heterocycles. The third kappa shape index (κ3) is 6.87. The maximum Gasteiger partial charge on any atom is 0.490 e. The van der Waals surface area contributed by atoms with E-state index in [1.54, 1.807) is 11.3 Å². The molecule has 3 fully saturated rings. The Morgan fingerprint density at radius 1 is 1.34 bits per heavy atom. The first-order valence-electron chi connectivity index (χ1n) is 10.5. The van der Waals surface area contributed by atoms with E-state index in [4.69, 9.17) is 19.4 Å². The minimum Gasteiger partial charge on any atom is -0.475 e. The van der Waals surface area contributed by atoms with Crippen LogP contribution in [-0.2, 0) is 25.6 Å². The number of thiazole rings is 1. The summed E-state index contributed by atoms with van der Waals surface area (Å²) in [5.41, 5.74) is 1.02.